The Morgan fingerprint density at radius 3 is 2.95 bits per heavy atom. The van der Waals surface area contributed by atoms with Crippen molar-refractivity contribution in [3.8, 4) is 0 Å². The molecule has 1 saturated heterocycles. The summed E-state index contributed by atoms with van der Waals surface area (Å²) < 4.78 is 6.68. The molecular weight excluding hydrogens is 368 g/mol. The molecule has 1 fully saturated rings. The molecule has 22 heavy (non-hydrogen) atoms. The summed E-state index contributed by atoms with van der Waals surface area (Å²) in [6, 6.07) is 7.66. The van der Waals surface area contributed by atoms with Crippen LogP contribution in [-0.2, 0) is 0 Å². The number of carbonyl (C=O) groups excluding carboxylic acids is 1. The van der Waals surface area contributed by atoms with Gasteiger partial charge in [-0.1, -0.05) is 22.9 Å². The Morgan fingerprint density at radius 2 is 2.23 bits per heavy atom. The number of amides is 1. The number of nitrogens with two attached hydrogens (primary N) is 1. The van der Waals surface area contributed by atoms with Crippen LogP contribution in [0.4, 0.5) is 0 Å². The minimum Gasteiger partial charge on any atom is -0.451 e. The number of hydrogen-bond donors (Lipinski definition) is 1. The van der Waals surface area contributed by atoms with E-state index < -0.39 is 0 Å². The molecule has 1 aliphatic rings. The van der Waals surface area contributed by atoms with Crippen LogP contribution in [0.1, 0.15) is 30.3 Å². The fraction of sp³-hybridized carbons (Fsp3) is 0.438. The van der Waals surface area contributed by atoms with Gasteiger partial charge in [-0.15, -0.1) is 12.4 Å². The van der Waals surface area contributed by atoms with Crippen LogP contribution in [0, 0.1) is 5.92 Å². The Bertz CT molecular complexity index is 673. The Balaban J connectivity index is 0.00000176. The van der Waals surface area contributed by atoms with Crippen LogP contribution in [0.2, 0.25) is 0 Å². The van der Waals surface area contributed by atoms with Crippen molar-refractivity contribution in [3.05, 3.63) is 34.5 Å². The van der Waals surface area contributed by atoms with E-state index in [0.717, 1.165) is 34.8 Å². The zero-order valence-electron chi connectivity index (χ0n) is 12.4. The fourth-order valence-corrected chi connectivity index (χ4v) is 3.38. The zero-order valence-corrected chi connectivity index (χ0v) is 14.8. The quantitative estimate of drug-likeness (QED) is 0.852. The van der Waals surface area contributed by atoms with E-state index >= 15 is 0 Å². The molecule has 2 heterocycles. The summed E-state index contributed by atoms with van der Waals surface area (Å²) >= 11 is 3.43. The largest absolute Gasteiger partial charge is 0.451 e. The second-order valence-electron chi connectivity index (χ2n) is 5.81. The van der Waals surface area contributed by atoms with Crippen LogP contribution in [0.25, 0.3) is 11.0 Å². The molecule has 120 valence electrons. The number of carbonyl (C=O) groups is 1. The molecule has 2 unspecified atom stereocenters. The molecule has 0 aliphatic carbocycles. The minimum absolute atomic E-state index is 0. The maximum Gasteiger partial charge on any atom is 0.289 e. The topological polar surface area (TPSA) is 59.5 Å². The van der Waals surface area contributed by atoms with Crippen LogP contribution in [-0.4, -0.2) is 29.9 Å². The second-order valence-corrected chi connectivity index (χ2v) is 6.73. The van der Waals surface area contributed by atoms with Crippen LogP contribution >= 0.6 is 28.3 Å². The van der Waals surface area contributed by atoms with Gasteiger partial charge in [-0.3, -0.25) is 4.79 Å². The van der Waals surface area contributed by atoms with Crippen molar-refractivity contribution in [2.75, 3.05) is 13.1 Å². The van der Waals surface area contributed by atoms with E-state index in [1.165, 1.54) is 0 Å². The third-order valence-corrected chi connectivity index (χ3v) is 4.69. The van der Waals surface area contributed by atoms with Crippen molar-refractivity contribution < 1.29 is 9.21 Å². The first-order valence-electron chi connectivity index (χ1n) is 7.28. The summed E-state index contributed by atoms with van der Waals surface area (Å²) in [5.74, 6) is 0.968. The highest BCUT2D eigenvalue weighted by molar-refractivity contribution is 9.10. The number of likely N-dealkylation sites (tertiary alicyclic amines) is 1. The Kier molecular flexibility index (Phi) is 5.53. The van der Waals surface area contributed by atoms with Gasteiger partial charge in [0.1, 0.15) is 5.58 Å². The summed E-state index contributed by atoms with van der Waals surface area (Å²) in [5.41, 5.74) is 6.57. The first kappa shape index (κ1) is 17.3. The molecule has 0 radical (unpaired) electrons. The van der Waals surface area contributed by atoms with Crippen LogP contribution < -0.4 is 5.73 Å². The van der Waals surface area contributed by atoms with E-state index in [0.29, 0.717) is 18.2 Å². The highest BCUT2D eigenvalue weighted by Gasteiger charge is 2.31. The average Bonchev–Trinajstić information content (AvgIpc) is 2.89. The number of halogens is 2. The number of furan rings is 1. The fourth-order valence-electron chi connectivity index (χ4n) is 3.00. The molecule has 2 N–H and O–H groups in total. The van der Waals surface area contributed by atoms with Gasteiger partial charge in [0.15, 0.2) is 5.76 Å². The number of fused-ring (bicyclic) bond motifs is 1. The molecule has 2 atom stereocenters. The van der Waals surface area contributed by atoms with Crippen molar-refractivity contribution in [2.45, 2.75) is 25.8 Å². The highest BCUT2D eigenvalue weighted by atomic mass is 79.9. The Labute approximate surface area is 144 Å². The van der Waals surface area contributed by atoms with Gasteiger partial charge in [-0.05, 0) is 43.0 Å². The SMILES string of the molecule is CC1CCN(C(=O)c2cc3cc(Br)ccc3o2)C(CN)C1.Cl. The van der Waals surface area contributed by atoms with E-state index in [4.69, 9.17) is 10.2 Å². The van der Waals surface area contributed by atoms with Gasteiger partial charge >= 0.3 is 0 Å². The number of nitrogens with zero attached hydrogens (tertiary/aromatic N) is 1. The third kappa shape index (κ3) is 3.31. The van der Waals surface area contributed by atoms with E-state index in [9.17, 15) is 4.79 Å². The minimum atomic E-state index is -0.0512. The molecule has 1 aliphatic heterocycles. The molecule has 1 amide bonds. The average molecular weight is 388 g/mol. The molecule has 0 saturated carbocycles. The molecule has 4 nitrogen and oxygen atoms in total. The number of hydrogen-bond acceptors (Lipinski definition) is 3. The van der Waals surface area contributed by atoms with Crippen molar-refractivity contribution in [1.82, 2.24) is 4.90 Å². The lowest BCUT2D eigenvalue weighted by atomic mass is 9.92. The Hall–Kier alpha value is -1.04. The summed E-state index contributed by atoms with van der Waals surface area (Å²) in [5, 5.41) is 0.933. The molecule has 3 rings (SSSR count). The molecule has 2 aromatic rings. The van der Waals surface area contributed by atoms with Crippen molar-refractivity contribution >= 4 is 45.2 Å². The molecule has 6 heteroatoms. The van der Waals surface area contributed by atoms with Crippen molar-refractivity contribution in [2.24, 2.45) is 11.7 Å². The second kappa shape index (κ2) is 7.02. The van der Waals surface area contributed by atoms with Gasteiger partial charge in [0.05, 0.1) is 0 Å². The third-order valence-electron chi connectivity index (χ3n) is 4.20. The zero-order chi connectivity index (χ0) is 15.0. The van der Waals surface area contributed by atoms with Gasteiger partial charge in [-0.2, -0.15) is 0 Å². The Morgan fingerprint density at radius 1 is 1.45 bits per heavy atom. The van der Waals surface area contributed by atoms with E-state index in [1.54, 1.807) is 0 Å². The first-order valence-corrected chi connectivity index (χ1v) is 8.08. The van der Waals surface area contributed by atoms with Crippen LogP contribution in [0.15, 0.2) is 33.2 Å². The van der Waals surface area contributed by atoms with Crippen molar-refractivity contribution in [1.29, 1.82) is 0 Å². The lowest BCUT2D eigenvalue weighted by molar-refractivity contribution is 0.0544. The van der Waals surface area contributed by atoms with Crippen LogP contribution in [0.5, 0.6) is 0 Å². The summed E-state index contributed by atoms with van der Waals surface area (Å²) in [6.07, 6.45) is 1.99. The monoisotopic (exact) mass is 386 g/mol. The predicted molar refractivity (Wildman–Crippen MR) is 93.4 cm³/mol. The van der Waals surface area contributed by atoms with Crippen molar-refractivity contribution in [3.63, 3.8) is 0 Å². The van der Waals surface area contributed by atoms with E-state index in [1.807, 2.05) is 29.2 Å². The van der Waals surface area contributed by atoms with Gasteiger partial charge in [-0.25, -0.2) is 0 Å². The smallest absolute Gasteiger partial charge is 0.289 e. The maximum atomic E-state index is 12.7. The highest BCUT2D eigenvalue weighted by Crippen LogP contribution is 2.27. The molecule has 1 aromatic heterocycles. The summed E-state index contributed by atoms with van der Waals surface area (Å²) in [4.78, 5) is 14.6. The van der Waals surface area contributed by atoms with E-state index in [2.05, 4.69) is 22.9 Å². The molecule has 0 spiro atoms. The summed E-state index contributed by atoms with van der Waals surface area (Å²) in [6.45, 7) is 3.47. The first-order chi connectivity index (χ1) is 10.1. The number of rotatable bonds is 2. The van der Waals surface area contributed by atoms with Crippen LogP contribution in [0.3, 0.4) is 0 Å². The number of piperidine rings is 1. The van der Waals surface area contributed by atoms with Gasteiger partial charge in [0.25, 0.3) is 5.91 Å². The molecular formula is C16H20BrClN2O2. The predicted octanol–water partition coefficient (Wildman–Crippen LogP) is 3.82. The van der Waals surface area contributed by atoms with Gasteiger partial charge in [0, 0.05) is 29.0 Å². The maximum absolute atomic E-state index is 12.7. The normalized spacial score (nSPS) is 21.7. The number of benzene rings is 1. The lowest BCUT2D eigenvalue weighted by Crippen LogP contribution is -2.49. The van der Waals surface area contributed by atoms with Gasteiger partial charge < -0.3 is 15.1 Å². The van der Waals surface area contributed by atoms with E-state index in [-0.39, 0.29) is 24.4 Å². The van der Waals surface area contributed by atoms with Gasteiger partial charge in [0.2, 0.25) is 0 Å². The summed E-state index contributed by atoms with van der Waals surface area (Å²) in [7, 11) is 0. The standard InChI is InChI=1S/C16H19BrN2O2.ClH/c1-10-4-5-19(13(6-10)9-18)16(20)15-8-11-7-12(17)2-3-14(11)21-15;/h2-3,7-8,10,13H,4-6,9,18H2,1H3;1H. The molecule has 1 aromatic carbocycles. The lowest BCUT2D eigenvalue weighted by Gasteiger charge is -2.37. The molecule has 0 bridgehead atoms.